The molecule has 0 fully saturated rings. The SMILES string of the molecule is CCCCCCCCCCCC[n+]1cc(-c2ccc(Br)cc2)n(S(=O)(=O)N(C)C)c1.[Cl-]. The lowest BCUT2D eigenvalue weighted by Gasteiger charge is -2.09. The maximum Gasteiger partial charge on any atom is 0.379 e. The highest BCUT2D eigenvalue weighted by Gasteiger charge is 2.28. The molecule has 176 valence electrons. The summed E-state index contributed by atoms with van der Waals surface area (Å²) < 4.78 is 31.2. The van der Waals surface area contributed by atoms with Gasteiger partial charge in [-0.05, 0) is 37.1 Å². The lowest BCUT2D eigenvalue weighted by Crippen LogP contribution is -3.00. The van der Waals surface area contributed by atoms with Gasteiger partial charge in [0.05, 0.1) is 6.54 Å². The van der Waals surface area contributed by atoms with Crippen LogP contribution in [-0.2, 0) is 16.8 Å². The summed E-state index contributed by atoms with van der Waals surface area (Å²) in [5, 5.41) is 0. The Morgan fingerprint density at radius 3 is 1.94 bits per heavy atom. The lowest BCUT2D eigenvalue weighted by atomic mass is 10.1. The van der Waals surface area contributed by atoms with Gasteiger partial charge in [-0.2, -0.15) is 12.7 Å². The predicted molar refractivity (Wildman–Crippen MR) is 128 cm³/mol. The van der Waals surface area contributed by atoms with Gasteiger partial charge in [-0.1, -0.05) is 74.2 Å². The van der Waals surface area contributed by atoms with E-state index in [1.165, 1.54) is 66.1 Å². The van der Waals surface area contributed by atoms with Crippen molar-refractivity contribution in [3.8, 4) is 11.3 Å². The summed E-state index contributed by atoms with van der Waals surface area (Å²) in [5.41, 5.74) is 1.56. The molecular formula is C23H37BrClN3O2S. The molecule has 31 heavy (non-hydrogen) atoms. The molecule has 8 heteroatoms. The Hall–Kier alpha value is -0.890. The number of aryl methyl sites for hydroxylation is 1. The predicted octanol–water partition coefficient (Wildman–Crippen LogP) is 2.78. The van der Waals surface area contributed by atoms with Crippen molar-refractivity contribution < 1.29 is 25.4 Å². The fourth-order valence-electron chi connectivity index (χ4n) is 3.53. The van der Waals surface area contributed by atoms with Crippen LogP contribution in [0.2, 0.25) is 0 Å². The van der Waals surface area contributed by atoms with Crippen LogP contribution >= 0.6 is 15.9 Å². The number of rotatable bonds is 14. The third-order valence-electron chi connectivity index (χ3n) is 5.40. The van der Waals surface area contributed by atoms with E-state index >= 15 is 0 Å². The molecule has 0 bridgehead atoms. The number of unbranched alkanes of at least 4 members (excludes halogenated alkanes) is 9. The summed E-state index contributed by atoms with van der Waals surface area (Å²) in [7, 11) is -0.454. The van der Waals surface area contributed by atoms with Gasteiger partial charge < -0.3 is 12.4 Å². The molecule has 0 saturated carbocycles. The fraction of sp³-hybridized carbons (Fsp3) is 0.609. The molecule has 1 heterocycles. The van der Waals surface area contributed by atoms with Crippen molar-refractivity contribution in [1.29, 1.82) is 0 Å². The minimum absolute atomic E-state index is 0. The third kappa shape index (κ3) is 8.87. The van der Waals surface area contributed by atoms with Crippen molar-refractivity contribution in [1.82, 2.24) is 8.28 Å². The molecule has 2 aromatic rings. The van der Waals surface area contributed by atoms with Crippen LogP contribution in [-0.4, -0.2) is 30.8 Å². The Bertz CT molecular complexity index is 867. The Kier molecular flexibility index (Phi) is 13.0. The second-order valence-electron chi connectivity index (χ2n) is 8.14. The van der Waals surface area contributed by atoms with Gasteiger partial charge >= 0.3 is 10.2 Å². The Morgan fingerprint density at radius 2 is 1.42 bits per heavy atom. The molecule has 5 nitrogen and oxygen atoms in total. The van der Waals surface area contributed by atoms with Crippen molar-refractivity contribution in [2.45, 2.75) is 77.7 Å². The van der Waals surface area contributed by atoms with E-state index in [0.717, 1.165) is 23.0 Å². The number of hydrogen-bond donors (Lipinski definition) is 0. The summed E-state index contributed by atoms with van der Waals surface area (Å²) in [6.07, 6.45) is 16.6. The van der Waals surface area contributed by atoms with Crippen molar-refractivity contribution in [2.75, 3.05) is 14.1 Å². The topological polar surface area (TPSA) is 46.2 Å². The van der Waals surface area contributed by atoms with Gasteiger partial charge in [0.1, 0.15) is 6.20 Å². The van der Waals surface area contributed by atoms with E-state index in [1.54, 1.807) is 20.4 Å². The first-order valence-electron chi connectivity index (χ1n) is 11.2. The van der Waals surface area contributed by atoms with Gasteiger partial charge in [-0.25, -0.2) is 4.57 Å². The zero-order chi connectivity index (χ0) is 22.0. The van der Waals surface area contributed by atoms with Crippen LogP contribution in [0.3, 0.4) is 0 Å². The van der Waals surface area contributed by atoms with Crippen LogP contribution < -0.4 is 17.0 Å². The van der Waals surface area contributed by atoms with E-state index in [2.05, 4.69) is 22.9 Å². The molecule has 0 aliphatic carbocycles. The molecule has 0 spiro atoms. The number of nitrogens with zero attached hydrogens (tertiary/aromatic N) is 3. The van der Waals surface area contributed by atoms with Crippen molar-refractivity contribution in [3.63, 3.8) is 0 Å². The summed E-state index contributed by atoms with van der Waals surface area (Å²) >= 11 is 3.44. The van der Waals surface area contributed by atoms with Gasteiger partial charge in [-0.3, -0.25) is 0 Å². The van der Waals surface area contributed by atoms with Gasteiger partial charge in [-0.15, -0.1) is 3.97 Å². The lowest BCUT2D eigenvalue weighted by molar-refractivity contribution is -0.696. The number of aromatic nitrogens is 2. The zero-order valence-electron chi connectivity index (χ0n) is 19.1. The molecule has 0 atom stereocenters. The maximum atomic E-state index is 12.8. The van der Waals surface area contributed by atoms with Crippen LogP contribution in [0.25, 0.3) is 11.3 Å². The maximum absolute atomic E-state index is 12.8. The van der Waals surface area contributed by atoms with E-state index in [9.17, 15) is 8.42 Å². The van der Waals surface area contributed by atoms with E-state index in [-0.39, 0.29) is 12.4 Å². The van der Waals surface area contributed by atoms with E-state index in [1.807, 2.05) is 35.0 Å². The molecule has 0 aliphatic heterocycles. The number of benzene rings is 1. The minimum Gasteiger partial charge on any atom is -1.00 e. The summed E-state index contributed by atoms with van der Waals surface area (Å²) in [5.74, 6) is 0. The monoisotopic (exact) mass is 533 g/mol. The normalized spacial score (nSPS) is 11.6. The Balaban J connectivity index is 0.00000480. The molecule has 2 rings (SSSR count). The second-order valence-corrected chi connectivity index (χ2v) is 11.1. The van der Waals surface area contributed by atoms with Gasteiger partial charge in [0.25, 0.3) is 6.33 Å². The molecule has 1 aromatic carbocycles. The molecular weight excluding hydrogens is 498 g/mol. The standard InChI is InChI=1S/C23H37BrN3O2S.ClH/c1-4-5-6-7-8-9-10-11-12-13-18-26-19-23(21-14-16-22(24)17-15-21)27(20-26)30(28,29)25(2)3;/h14-17,19-20H,4-13,18H2,1-3H3;1H/q+1;/p-1. The van der Waals surface area contributed by atoms with Crippen LogP contribution in [0.1, 0.15) is 71.1 Å². The molecule has 0 N–H and O–H groups in total. The minimum atomic E-state index is -3.58. The van der Waals surface area contributed by atoms with E-state index in [4.69, 9.17) is 0 Å². The fourth-order valence-corrected chi connectivity index (χ4v) is 4.79. The molecule has 0 amide bonds. The number of hydrogen-bond acceptors (Lipinski definition) is 2. The quantitative estimate of drug-likeness (QED) is 0.276. The van der Waals surface area contributed by atoms with E-state index < -0.39 is 10.2 Å². The smallest absolute Gasteiger partial charge is 0.379 e. The van der Waals surface area contributed by atoms with Crippen LogP contribution in [0.15, 0.2) is 41.3 Å². The average Bonchev–Trinajstić information content (AvgIpc) is 3.15. The molecule has 0 unspecified atom stereocenters. The molecule has 0 radical (unpaired) electrons. The number of halogens is 2. The van der Waals surface area contributed by atoms with Crippen LogP contribution in [0.5, 0.6) is 0 Å². The second kappa shape index (κ2) is 14.3. The highest BCUT2D eigenvalue weighted by molar-refractivity contribution is 9.10. The average molecular weight is 535 g/mol. The largest absolute Gasteiger partial charge is 1.00 e. The third-order valence-corrected chi connectivity index (χ3v) is 7.64. The van der Waals surface area contributed by atoms with Crippen molar-refractivity contribution >= 4 is 26.1 Å². The number of imidazole rings is 1. The van der Waals surface area contributed by atoms with Crippen LogP contribution in [0.4, 0.5) is 0 Å². The van der Waals surface area contributed by atoms with Gasteiger partial charge in [0, 0.05) is 24.1 Å². The first-order valence-corrected chi connectivity index (χ1v) is 13.4. The highest BCUT2D eigenvalue weighted by Crippen LogP contribution is 2.23. The first-order chi connectivity index (χ1) is 14.4. The first kappa shape index (κ1) is 28.1. The van der Waals surface area contributed by atoms with Crippen LogP contribution in [0, 0.1) is 0 Å². The Morgan fingerprint density at radius 1 is 0.903 bits per heavy atom. The molecule has 0 saturated heterocycles. The summed E-state index contributed by atoms with van der Waals surface area (Å²) in [6.45, 7) is 3.08. The molecule has 0 aliphatic rings. The van der Waals surface area contributed by atoms with Gasteiger partial charge in [0.2, 0.25) is 0 Å². The van der Waals surface area contributed by atoms with Gasteiger partial charge in [0.15, 0.2) is 5.69 Å². The zero-order valence-corrected chi connectivity index (χ0v) is 22.2. The molecule has 1 aromatic heterocycles. The van der Waals surface area contributed by atoms with Crippen molar-refractivity contribution in [3.05, 3.63) is 41.3 Å². The summed E-state index contributed by atoms with van der Waals surface area (Å²) in [4.78, 5) is 0. The Labute approximate surface area is 203 Å². The van der Waals surface area contributed by atoms with Crippen molar-refractivity contribution in [2.24, 2.45) is 0 Å². The highest BCUT2D eigenvalue weighted by atomic mass is 79.9. The summed E-state index contributed by atoms with van der Waals surface area (Å²) in [6, 6.07) is 7.74. The van der Waals surface area contributed by atoms with E-state index in [0.29, 0.717) is 5.69 Å².